The highest BCUT2D eigenvalue weighted by Gasteiger charge is 2.10. The van der Waals surface area contributed by atoms with Crippen molar-refractivity contribution in [3.8, 4) is 5.75 Å². The highest BCUT2D eigenvalue weighted by molar-refractivity contribution is 5.86. The van der Waals surface area contributed by atoms with Crippen molar-refractivity contribution in [3.63, 3.8) is 0 Å². The van der Waals surface area contributed by atoms with Gasteiger partial charge in [0.15, 0.2) is 0 Å². The molecule has 1 nitrogen and oxygen atoms in total. The van der Waals surface area contributed by atoms with Crippen molar-refractivity contribution in [2.75, 3.05) is 0 Å². The minimum atomic E-state index is 0.531. The monoisotopic (exact) mass is 646 g/mol. The molecule has 0 fully saturated rings. The van der Waals surface area contributed by atoms with Gasteiger partial charge in [0.1, 0.15) is 11.5 Å². The zero-order chi connectivity index (χ0) is 35.3. The number of hydrogen-bond donors (Lipinski definition) is 0. The van der Waals surface area contributed by atoms with Gasteiger partial charge in [-0.25, -0.2) is 0 Å². The molecule has 1 heteroatoms. The number of benzene rings is 6. The molecule has 49 heavy (non-hydrogen) atoms. The minimum absolute atomic E-state index is 0.531. The molecule has 0 atom stereocenters. The van der Waals surface area contributed by atoms with Crippen LogP contribution in [-0.4, -0.2) is 0 Å². The van der Waals surface area contributed by atoms with E-state index in [1.165, 1.54) is 43.8 Å². The zero-order valence-electron chi connectivity index (χ0n) is 30.8. The van der Waals surface area contributed by atoms with Crippen LogP contribution in [0.2, 0.25) is 0 Å². The van der Waals surface area contributed by atoms with E-state index in [-0.39, 0.29) is 0 Å². The summed E-state index contributed by atoms with van der Waals surface area (Å²) in [6.07, 6.45) is 3.92. The first-order chi connectivity index (χ1) is 23.5. The molecular formula is C48H54O. The second-order valence-electron chi connectivity index (χ2n) is 13.9. The molecule has 0 amide bonds. The number of fused-ring (bicyclic) bond motifs is 3. The van der Waals surface area contributed by atoms with E-state index in [1.807, 2.05) is 18.2 Å². The lowest BCUT2D eigenvalue weighted by atomic mass is 9.96. The van der Waals surface area contributed by atoms with Crippen molar-refractivity contribution in [1.29, 1.82) is 0 Å². The van der Waals surface area contributed by atoms with Crippen LogP contribution in [-0.2, 0) is 0 Å². The molecule has 1 aliphatic heterocycles. The Labute approximate surface area is 296 Å². The van der Waals surface area contributed by atoms with Gasteiger partial charge < -0.3 is 4.74 Å². The lowest BCUT2D eigenvalue weighted by Crippen LogP contribution is -1.99. The maximum absolute atomic E-state index is 5.54. The van der Waals surface area contributed by atoms with Crippen LogP contribution in [0.15, 0.2) is 152 Å². The fraction of sp³-hybridized carbons (Fsp3) is 0.250. The Bertz CT molecular complexity index is 1950. The van der Waals surface area contributed by atoms with Gasteiger partial charge in [-0.3, -0.25) is 0 Å². The summed E-state index contributed by atoms with van der Waals surface area (Å²) in [6, 6.07) is 47.1. The molecule has 0 saturated carbocycles. The predicted molar refractivity (Wildman–Crippen MR) is 216 cm³/mol. The normalized spacial score (nSPS) is 11.7. The summed E-state index contributed by atoms with van der Waals surface area (Å²) in [5, 5.41) is 5.40. The molecule has 0 aromatic heterocycles. The Hall–Kier alpha value is -4.88. The van der Waals surface area contributed by atoms with Gasteiger partial charge in [0.05, 0.1) is 0 Å². The van der Waals surface area contributed by atoms with E-state index in [4.69, 9.17) is 4.74 Å². The van der Waals surface area contributed by atoms with Gasteiger partial charge in [0, 0.05) is 5.56 Å². The van der Waals surface area contributed by atoms with Crippen LogP contribution in [0, 0.1) is 0 Å². The Morgan fingerprint density at radius 3 is 1.61 bits per heavy atom. The van der Waals surface area contributed by atoms with E-state index >= 15 is 0 Å². The second-order valence-corrected chi connectivity index (χ2v) is 13.9. The van der Waals surface area contributed by atoms with Crippen molar-refractivity contribution in [1.82, 2.24) is 0 Å². The maximum Gasteiger partial charge on any atom is 0.134 e. The van der Waals surface area contributed by atoms with Crippen molar-refractivity contribution >= 4 is 27.6 Å². The quantitative estimate of drug-likeness (QED) is 0.185. The Morgan fingerprint density at radius 2 is 0.980 bits per heavy atom. The molecule has 6 aromatic rings. The predicted octanol–water partition coefficient (Wildman–Crippen LogP) is 14.5. The minimum Gasteiger partial charge on any atom is -0.457 e. The smallest absolute Gasteiger partial charge is 0.134 e. The Balaban J connectivity index is 0.000000149. The van der Waals surface area contributed by atoms with E-state index < -0.39 is 0 Å². The lowest BCUT2D eigenvalue weighted by molar-refractivity contribution is 0.441. The third-order valence-electron chi connectivity index (χ3n) is 8.75. The summed E-state index contributed by atoms with van der Waals surface area (Å²) >= 11 is 0. The fourth-order valence-corrected chi connectivity index (χ4v) is 5.65. The summed E-state index contributed by atoms with van der Waals surface area (Å²) in [6.45, 7) is 21.5. The van der Waals surface area contributed by atoms with E-state index in [0.29, 0.717) is 29.4 Å². The number of ether oxygens (including phenoxy) is 1. The van der Waals surface area contributed by atoms with Crippen molar-refractivity contribution in [2.24, 2.45) is 0 Å². The van der Waals surface area contributed by atoms with Crippen LogP contribution < -0.4 is 4.74 Å². The van der Waals surface area contributed by atoms with Crippen LogP contribution in [0.3, 0.4) is 0 Å². The molecule has 1 aliphatic rings. The summed E-state index contributed by atoms with van der Waals surface area (Å²) in [4.78, 5) is 0. The van der Waals surface area contributed by atoms with Crippen LogP contribution in [0.5, 0.6) is 5.75 Å². The summed E-state index contributed by atoms with van der Waals surface area (Å²) in [5.74, 6) is 4.03. The molecule has 0 aliphatic carbocycles. The maximum atomic E-state index is 5.54. The standard InChI is InChI=1S/C13H14O.2C13H14.C9H12/c1-9(2)12-7-6-11-5-4-10(3)14-13(11)8-12;1-10(2)12-9-5-7-11-6-3-4-8-13(11)12;1-10(2)12-8-7-11-5-3-4-6-13(11)9-12;1-8(2)9-6-4-3-5-7-9/h4-9H,3H2,1-2H3;2*3-10H,1-2H3;3-8H,1-2H3. The first-order valence-electron chi connectivity index (χ1n) is 17.7. The molecule has 1 heterocycles. The summed E-state index contributed by atoms with van der Waals surface area (Å²) in [5.41, 5.74) is 6.70. The molecule has 7 rings (SSSR count). The van der Waals surface area contributed by atoms with Crippen molar-refractivity contribution < 1.29 is 4.74 Å². The molecule has 0 N–H and O–H groups in total. The van der Waals surface area contributed by atoms with Gasteiger partial charge in [-0.2, -0.15) is 0 Å². The molecule has 0 spiro atoms. The van der Waals surface area contributed by atoms with Crippen LogP contribution in [0.4, 0.5) is 0 Å². The molecule has 0 bridgehead atoms. The highest BCUT2D eigenvalue weighted by Crippen LogP contribution is 2.30. The first kappa shape index (κ1) is 36.9. The Morgan fingerprint density at radius 1 is 0.429 bits per heavy atom. The average Bonchev–Trinajstić information content (AvgIpc) is 3.12. The van der Waals surface area contributed by atoms with Gasteiger partial charge in [-0.05, 0) is 85.7 Å². The molecule has 252 valence electrons. The van der Waals surface area contributed by atoms with Gasteiger partial charge in [-0.1, -0.05) is 189 Å². The van der Waals surface area contributed by atoms with E-state index in [0.717, 1.165) is 11.3 Å². The highest BCUT2D eigenvalue weighted by atomic mass is 16.5. The van der Waals surface area contributed by atoms with Crippen molar-refractivity contribution in [2.45, 2.75) is 79.1 Å². The van der Waals surface area contributed by atoms with Gasteiger partial charge in [0.2, 0.25) is 0 Å². The lowest BCUT2D eigenvalue weighted by Gasteiger charge is -2.15. The molecular weight excluding hydrogens is 593 g/mol. The van der Waals surface area contributed by atoms with Gasteiger partial charge in [-0.15, -0.1) is 0 Å². The average molecular weight is 647 g/mol. The molecule has 0 radical (unpaired) electrons. The third-order valence-corrected chi connectivity index (χ3v) is 8.75. The van der Waals surface area contributed by atoms with Crippen LogP contribution in [0.1, 0.15) is 107 Å². The second kappa shape index (κ2) is 18.0. The van der Waals surface area contributed by atoms with Crippen LogP contribution >= 0.6 is 0 Å². The largest absolute Gasteiger partial charge is 0.457 e. The molecule has 0 saturated heterocycles. The van der Waals surface area contributed by atoms with E-state index in [9.17, 15) is 0 Å². The van der Waals surface area contributed by atoms with E-state index in [1.54, 1.807) is 0 Å². The SMILES string of the molecule is C=C1C=Cc2ccc(C(C)C)cc2O1.CC(C)c1ccc2ccccc2c1.CC(C)c1cccc2ccccc12.CC(C)c1ccccc1. The third kappa shape index (κ3) is 10.8. The topological polar surface area (TPSA) is 9.23 Å². The van der Waals surface area contributed by atoms with Crippen LogP contribution in [0.25, 0.3) is 27.6 Å². The zero-order valence-corrected chi connectivity index (χ0v) is 30.8. The van der Waals surface area contributed by atoms with Gasteiger partial charge in [0.25, 0.3) is 0 Å². The fourth-order valence-electron chi connectivity index (χ4n) is 5.65. The first-order valence-corrected chi connectivity index (χ1v) is 17.7. The number of hydrogen-bond acceptors (Lipinski definition) is 1. The Kier molecular flexibility index (Phi) is 13.6. The summed E-state index contributed by atoms with van der Waals surface area (Å²) < 4.78 is 5.54. The molecule has 0 unspecified atom stereocenters. The summed E-state index contributed by atoms with van der Waals surface area (Å²) in [7, 11) is 0. The number of rotatable bonds is 4. The van der Waals surface area contributed by atoms with E-state index in [2.05, 4.69) is 189 Å². The number of allylic oxidation sites excluding steroid dienone is 1. The van der Waals surface area contributed by atoms with Gasteiger partial charge >= 0.3 is 0 Å². The van der Waals surface area contributed by atoms with Crippen molar-refractivity contribution in [3.05, 3.63) is 180 Å². The molecule has 6 aromatic carbocycles.